The quantitative estimate of drug-likeness (QED) is 0.428. The monoisotopic (exact) mass is 119 g/mol. The number of carboxylic acid groups (broad SMARTS) is 1. The Labute approximate surface area is 46.9 Å². The van der Waals surface area contributed by atoms with Crippen molar-refractivity contribution in [1.29, 1.82) is 0 Å². The van der Waals surface area contributed by atoms with Gasteiger partial charge >= 0.3 is 5.97 Å². The van der Waals surface area contributed by atoms with Crippen molar-refractivity contribution in [3.8, 4) is 0 Å². The van der Waals surface area contributed by atoms with Gasteiger partial charge in [-0.15, -0.1) is 0 Å². The van der Waals surface area contributed by atoms with E-state index in [0.29, 0.717) is 0 Å². The fraction of sp³-hybridized carbons (Fsp3) is 0.750. The highest BCUT2D eigenvalue weighted by Crippen LogP contribution is 1.88. The van der Waals surface area contributed by atoms with E-state index in [1.807, 2.05) is 0 Å². The van der Waals surface area contributed by atoms with Crippen LogP contribution in [0.15, 0.2) is 0 Å². The molecule has 4 nitrogen and oxygen atoms in total. The third-order valence-electron chi connectivity index (χ3n) is 0.854. The summed E-state index contributed by atoms with van der Waals surface area (Å²) < 4.78 is 0. The summed E-state index contributed by atoms with van der Waals surface area (Å²) in [7, 11) is 0. The van der Waals surface area contributed by atoms with Gasteiger partial charge in [-0.1, -0.05) is 0 Å². The van der Waals surface area contributed by atoms with E-state index in [1.165, 1.54) is 0 Å². The maximum Gasteiger partial charge on any atom is 0.310 e. The van der Waals surface area contributed by atoms with E-state index in [4.69, 9.17) is 15.9 Å². The van der Waals surface area contributed by atoms with E-state index < -0.39 is 11.9 Å². The molecule has 8 heavy (non-hydrogen) atoms. The molecule has 0 amide bonds. The van der Waals surface area contributed by atoms with E-state index in [2.05, 4.69) is 0 Å². The van der Waals surface area contributed by atoms with Gasteiger partial charge in [0, 0.05) is 6.54 Å². The molecule has 0 aromatic heterocycles. The molecule has 0 spiro atoms. The molecule has 48 valence electrons. The van der Waals surface area contributed by atoms with Crippen LogP contribution in [-0.4, -0.2) is 29.3 Å². The molecule has 0 unspecified atom stereocenters. The Balaban J connectivity index is 3.52. The van der Waals surface area contributed by atoms with Crippen molar-refractivity contribution in [2.75, 3.05) is 13.2 Å². The lowest BCUT2D eigenvalue weighted by molar-refractivity contribution is -0.142. The first-order valence-electron chi connectivity index (χ1n) is 2.26. The number of aliphatic hydroxyl groups is 1. The van der Waals surface area contributed by atoms with Crippen LogP contribution in [0.4, 0.5) is 0 Å². The molecule has 0 rings (SSSR count). The molecule has 0 saturated carbocycles. The first kappa shape index (κ1) is 7.39. The second-order valence-corrected chi connectivity index (χ2v) is 1.45. The Morgan fingerprint density at radius 1 is 1.75 bits per heavy atom. The van der Waals surface area contributed by atoms with Crippen molar-refractivity contribution in [3.05, 3.63) is 0 Å². The molecule has 0 saturated heterocycles. The molecule has 1 atom stereocenters. The van der Waals surface area contributed by atoms with E-state index in [9.17, 15) is 4.79 Å². The fourth-order valence-electron chi connectivity index (χ4n) is 0.253. The molecule has 0 aromatic carbocycles. The van der Waals surface area contributed by atoms with Gasteiger partial charge in [0.25, 0.3) is 0 Å². The second kappa shape index (κ2) is 3.40. The molecule has 0 radical (unpaired) electrons. The summed E-state index contributed by atoms with van der Waals surface area (Å²) in [5.41, 5.74) is 4.94. The van der Waals surface area contributed by atoms with Gasteiger partial charge in [0.1, 0.15) is 0 Å². The van der Waals surface area contributed by atoms with Crippen LogP contribution in [0.2, 0.25) is 0 Å². The van der Waals surface area contributed by atoms with Crippen LogP contribution in [0.25, 0.3) is 0 Å². The molecule has 0 aliphatic rings. The van der Waals surface area contributed by atoms with Crippen LogP contribution in [0, 0.1) is 5.92 Å². The largest absolute Gasteiger partial charge is 0.481 e. The maximum atomic E-state index is 9.92. The van der Waals surface area contributed by atoms with Crippen molar-refractivity contribution >= 4 is 5.97 Å². The Kier molecular flexibility index (Phi) is 3.14. The standard InChI is InChI=1S/C4H9NO3/c5-1-3(2-6)4(7)8/h3,6H,1-2,5H2,(H,7,8)/t3-/m0/s1. The maximum absolute atomic E-state index is 9.92. The number of carbonyl (C=O) groups is 1. The van der Waals surface area contributed by atoms with E-state index in [1.54, 1.807) is 0 Å². The molecule has 0 bridgehead atoms. The average molecular weight is 119 g/mol. The molecule has 0 aromatic rings. The van der Waals surface area contributed by atoms with Crippen molar-refractivity contribution in [2.24, 2.45) is 11.7 Å². The van der Waals surface area contributed by atoms with Crippen molar-refractivity contribution in [3.63, 3.8) is 0 Å². The third-order valence-corrected chi connectivity index (χ3v) is 0.854. The predicted molar refractivity (Wildman–Crippen MR) is 27.3 cm³/mol. The minimum absolute atomic E-state index is 0.00810. The van der Waals surface area contributed by atoms with Gasteiger partial charge in [-0.05, 0) is 0 Å². The zero-order valence-electron chi connectivity index (χ0n) is 4.37. The number of hydrogen-bond donors (Lipinski definition) is 3. The molecular formula is C4H9NO3. The van der Waals surface area contributed by atoms with Gasteiger partial charge in [-0.2, -0.15) is 0 Å². The average Bonchev–Trinajstić information content (AvgIpc) is 1.69. The molecule has 0 aliphatic carbocycles. The van der Waals surface area contributed by atoms with E-state index in [-0.39, 0.29) is 13.2 Å². The summed E-state index contributed by atoms with van der Waals surface area (Å²) in [6.07, 6.45) is 0. The van der Waals surface area contributed by atoms with Crippen LogP contribution in [-0.2, 0) is 4.79 Å². The van der Waals surface area contributed by atoms with Crippen molar-refractivity contribution in [2.45, 2.75) is 0 Å². The number of carboxylic acids is 1. The Bertz CT molecular complexity index is 79.4. The van der Waals surface area contributed by atoms with Crippen LogP contribution < -0.4 is 5.73 Å². The zero-order chi connectivity index (χ0) is 6.57. The molecule has 0 aliphatic heterocycles. The number of rotatable bonds is 3. The minimum Gasteiger partial charge on any atom is -0.481 e. The second-order valence-electron chi connectivity index (χ2n) is 1.45. The molecular weight excluding hydrogens is 110 g/mol. The Hall–Kier alpha value is -0.610. The topological polar surface area (TPSA) is 83.5 Å². The van der Waals surface area contributed by atoms with E-state index >= 15 is 0 Å². The van der Waals surface area contributed by atoms with Gasteiger partial charge < -0.3 is 15.9 Å². The van der Waals surface area contributed by atoms with Crippen molar-refractivity contribution < 1.29 is 15.0 Å². The number of nitrogens with two attached hydrogens (primary N) is 1. The SMILES string of the molecule is NC[C@@H](CO)C(=O)O. The lowest BCUT2D eigenvalue weighted by Crippen LogP contribution is -2.26. The highest BCUT2D eigenvalue weighted by atomic mass is 16.4. The lowest BCUT2D eigenvalue weighted by atomic mass is 10.2. The Morgan fingerprint density at radius 3 is 2.25 bits per heavy atom. The molecule has 0 fully saturated rings. The molecule has 0 heterocycles. The normalized spacial score (nSPS) is 13.2. The Morgan fingerprint density at radius 2 is 2.25 bits per heavy atom. The first-order valence-corrected chi connectivity index (χ1v) is 2.26. The van der Waals surface area contributed by atoms with E-state index in [0.717, 1.165) is 0 Å². The van der Waals surface area contributed by atoms with Crippen LogP contribution >= 0.6 is 0 Å². The van der Waals surface area contributed by atoms with Gasteiger partial charge in [0.2, 0.25) is 0 Å². The highest BCUT2D eigenvalue weighted by molar-refractivity contribution is 5.70. The first-order chi connectivity index (χ1) is 3.72. The van der Waals surface area contributed by atoms with Gasteiger partial charge in [0.05, 0.1) is 12.5 Å². The van der Waals surface area contributed by atoms with Crippen LogP contribution in [0.1, 0.15) is 0 Å². The fourth-order valence-corrected chi connectivity index (χ4v) is 0.253. The van der Waals surface area contributed by atoms with Gasteiger partial charge in [-0.25, -0.2) is 0 Å². The zero-order valence-corrected chi connectivity index (χ0v) is 4.37. The summed E-state index contributed by atoms with van der Waals surface area (Å²) >= 11 is 0. The van der Waals surface area contributed by atoms with Gasteiger partial charge in [-0.3, -0.25) is 4.79 Å². The highest BCUT2D eigenvalue weighted by Gasteiger charge is 2.12. The van der Waals surface area contributed by atoms with Gasteiger partial charge in [0.15, 0.2) is 0 Å². The lowest BCUT2D eigenvalue weighted by Gasteiger charge is -2.01. The summed E-state index contributed by atoms with van der Waals surface area (Å²) in [5, 5.41) is 16.4. The summed E-state index contributed by atoms with van der Waals surface area (Å²) in [5.74, 6) is -1.84. The number of hydrogen-bond acceptors (Lipinski definition) is 3. The smallest absolute Gasteiger partial charge is 0.310 e. The predicted octanol–water partition coefficient (Wildman–Crippen LogP) is -1.36. The number of aliphatic carboxylic acids is 1. The third kappa shape index (κ3) is 1.90. The molecule has 4 N–H and O–H groups in total. The summed E-state index contributed by atoms with van der Waals surface area (Å²) in [6.45, 7) is -0.391. The summed E-state index contributed by atoms with van der Waals surface area (Å²) in [6, 6.07) is 0. The van der Waals surface area contributed by atoms with Crippen LogP contribution in [0.3, 0.4) is 0 Å². The number of aliphatic hydroxyl groups excluding tert-OH is 1. The van der Waals surface area contributed by atoms with Crippen LogP contribution in [0.5, 0.6) is 0 Å². The molecule has 4 heteroatoms. The minimum atomic E-state index is -1.05. The van der Waals surface area contributed by atoms with Crippen molar-refractivity contribution in [1.82, 2.24) is 0 Å². The summed E-state index contributed by atoms with van der Waals surface area (Å²) in [4.78, 5) is 9.92.